The normalized spacial score (nSPS) is 10.5. The van der Waals surface area contributed by atoms with E-state index >= 15 is 0 Å². The van der Waals surface area contributed by atoms with E-state index < -0.39 is 5.97 Å². The second-order valence-electron chi connectivity index (χ2n) is 5.94. The van der Waals surface area contributed by atoms with Gasteiger partial charge in [-0.15, -0.1) is 0 Å². The van der Waals surface area contributed by atoms with Gasteiger partial charge in [-0.1, -0.05) is 18.2 Å². The molecule has 5 nitrogen and oxygen atoms in total. The molecule has 0 aliphatic heterocycles. The van der Waals surface area contributed by atoms with Crippen molar-refractivity contribution < 1.29 is 19.1 Å². The van der Waals surface area contributed by atoms with Gasteiger partial charge in [-0.05, 0) is 44.9 Å². The molecule has 2 aromatic rings. The van der Waals surface area contributed by atoms with Crippen LogP contribution in [-0.4, -0.2) is 29.5 Å². The topological polar surface area (TPSA) is 57.5 Å². The van der Waals surface area contributed by atoms with E-state index in [2.05, 4.69) is 0 Å². The lowest BCUT2D eigenvalue weighted by molar-refractivity contribution is -0.144. The van der Waals surface area contributed by atoms with Gasteiger partial charge >= 0.3 is 5.97 Å². The summed E-state index contributed by atoms with van der Waals surface area (Å²) in [5.74, 6) is -0.0942. The molecule has 0 fully saturated rings. The Hall–Kier alpha value is -2.56. The lowest BCUT2D eigenvalue weighted by atomic mass is 10.1. The fraction of sp³-hybridized carbons (Fsp3) is 0.368. The number of aryl methyl sites for hydroxylation is 3. The van der Waals surface area contributed by atoms with E-state index in [1.54, 1.807) is 6.07 Å². The predicted molar refractivity (Wildman–Crippen MR) is 91.6 cm³/mol. The molecule has 1 aromatic carbocycles. The third kappa shape index (κ3) is 3.85. The molecule has 0 spiro atoms. The minimum Gasteiger partial charge on any atom is -0.481 e. The van der Waals surface area contributed by atoms with Crippen LogP contribution in [0.4, 0.5) is 0 Å². The van der Waals surface area contributed by atoms with Crippen molar-refractivity contribution in [3.63, 3.8) is 0 Å². The first-order chi connectivity index (χ1) is 11.3. The summed E-state index contributed by atoms with van der Waals surface area (Å²) in [7, 11) is 1.89. The number of hydrogen-bond donors (Lipinski definition) is 0. The molecule has 0 N–H and O–H groups in total. The number of ether oxygens (including phenoxy) is 2. The summed E-state index contributed by atoms with van der Waals surface area (Å²) in [5, 5.41) is 0. The van der Waals surface area contributed by atoms with Gasteiger partial charge in [0.25, 0.3) is 0 Å². The summed E-state index contributed by atoms with van der Waals surface area (Å²) in [6.07, 6.45) is 0. The zero-order valence-electron chi connectivity index (χ0n) is 14.8. The summed E-state index contributed by atoms with van der Waals surface area (Å²) in [4.78, 5) is 24.0. The number of ketones is 1. The van der Waals surface area contributed by atoms with Crippen molar-refractivity contribution in [1.29, 1.82) is 0 Å². The quantitative estimate of drug-likeness (QED) is 0.604. The second-order valence-corrected chi connectivity index (χ2v) is 5.94. The number of esters is 1. The van der Waals surface area contributed by atoms with Crippen LogP contribution in [0.15, 0.2) is 24.3 Å². The molecule has 24 heavy (non-hydrogen) atoms. The van der Waals surface area contributed by atoms with E-state index in [1.165, 1.54) is 0 Å². The first-order valence-electron chi connectivity index (χ1n) is 7.82. The number of Topliss-reactive ketones (excluding diaryl/α,β-unsaturated/α-hetero) is 1. The molecule has 1 aromatic heterocycles. The standard InChI is InChI=1S/C19H23NO4/c1-12-7-6-8-13(2)19(12)24-11-18(22)23-10-17(21)16-9-14(3)20(5)15(16)4/h6-9H,10-11H2,1-5H3. The Morgan fingerprint density at radius 2 is 1.67 bits per heavy atom. The highest BCUT2D eigenvalue weighted by Crippen LogP contribution is 2.22. The van der Waals surface area contributed by atoms with Crippen molar-refractivity contribution in [3.05, 3.63) is 52.3 Å². The van der Waals surface area contributed by atoms with Crippen molar-refractivity contribution in [1.82, 2.24) is 4.57 Å². The maximum Gasteiger partial charge on any atom is 0.344 e. The Balaban J connectivity index is 1.89. The lowest BCUT2D eigenvalue weighted by Gasteiger charge is -2.11. The number of rotatable bonds is 6. The number of benzene rings is 1. The molecule has 0 amide bonds. The first-order valence-corrected chi connectivity index (χ1v) is 7.82. The summed E-state index contributed by atoms with van der Waals surface area (Å²) in [5.41, 5.74) is 4.34. The van der Waals surface area contributed by atoms with E-state index in [4.69, 9.17) is 9.47 Å². The molecular weight excluding hydrogens is 306 g/mol. The van der Waals surface area contributed by atoms with E-state index in [-0.39, 0.29) is 19.0 Å². The van der Waals surface area contributed by atoms with E-state index in [1.807, 2.05) is 57.5 Å². The third-order valence-electron chi connectivity index (χ3n) is 4.18. The molecule has 0 saturated heterocycles. The second kappa shape index (κ2) is 7.34. The molecule has 0 unspecified atom stereocenters. The van der Waals surface area contributed by atoms with Crippen molar-refractivity contribution in [2.45, 2.75) is 27.7 Å². The van der Waals surface area contributed by atoms with Crippen LogP contribution < -0.4 is 4.74 Å². The fourth-order valence-corrected chi connectivity index (χ4v) is 2.56. The number of para-hydroxylation sites is 1. The van der Waals surface area contributed by atoms with Crippen LogP contribution in [0.25, 0.3) is 0 Å². The fourth-order valence-electron chi connectivity index (χ4n) is 2.56. The Labute approximate surface area is 142 Å². The zero-order valence-corrected chi connectivity index (χ0v) is 14.8. The van der Waals surface area contributed by atoms with Gasteiger partial charge in [0.1, 0.15) is 5.75 Å². The summed E-state index contributed by atoms with van der Waals surface area (Å²) >= 11 is 0. The highest BCUT2D eigenvalue weighted by molar-refractivity contribution is 5.99. The predicted octanol–water partition coefficient (Wildman–Crippen LogP) is 3.06. The molecule has 2 rings (SSSR count). The molecule has 5 heteroatoms. The largest absolute Gasteiger partial charge is 0.481 e. The monoisotopic (exact) mass is 329 g/mol. The Bertz CT molecular complexity index is 754. The van der Waals surface area contributed by atoms with Crippen molar-refractivity contribution in [3.8, 4) is 5.75 Å². The average Bonchev–Trinajstić information content (AvgIpc) is 2.79. The molecule has 0 aliphatic rings. The Morgan fingerprint density at radius 1 is 1.04 bits per heavy atom. The Morgan fingerprint density at radius 3 is 2.21 bits per heavy atom. The smallest absolute Gasteiger partial charge is 0.344 e. The van der Waals surface area contributed by atoms with Crippen molar-refractivity contribution in [2.24, 2.45) is 7.05 Å². The minimum absolute atomic E-state index is 0.211. The SMILES string of the molecule is Cc1cccc(C)c1OCC(=O)OCC(=O)c1cc(C)n(C)c1C. The summed E-state index contributed by atoms with van der Waals surface area (Å²) in [6, 6.07) is 7.56. The highest BCUT2D eigenvalue weighted by Gasteiger charge is 2.16. The van der Waals surface area contributed by atoms with Gasteiger partial charge in [0.05, 0.1) is 0 Å². The molecule has 0 atom stereocenters. The van der Waals surface area contributed by atoms with Crippen LogP contribution in [0.1, 0.15) is 32.9 Å². The molecule has 128 valence electrons. The van der Waals surface area contributed by atoms with E-state index in [9.17, 15) is 9.59 Å². The molecule has 0 aliphatic carbocycles. The van der Waals surface area contributed by atoms with Gasteiger partial charge < -0.3 is 14.0 Å². The van der Waals surface area contributed by atoms with Crippen molar-refractivity contribution >= 4 is 11.8 Å². The third-order valence-corrected chi connectivity index (χ3v) is 4.18. The summed E-state index contributed by atoms with van der Waals surface area (Å²) < 4.78 is 12.5. The van der Waals surface area contributed by atoms with Crippen LogP contribution >= 0.6 is 0 Å². The van der Waals surface area contributed by atoms with Gasteiger partial charge in [0.15, 0.2) is 13.2 Å². The van der Waals surface area contributed by atoms with E-state index in [0.717, 1.165) is 22.5 Å². The van der Waals surface area contributed by atoms with Crippen LogP contribution in [0.2, 0.25) is 0 Å². The summed E-state index contributed by atoms with van der Waals surface area (Å²) in [6.45, 7) is 7.13. The number of hydrogen-bond acceptors (Lipinski definition) is 4. The number of nitrogens with zero attached hydrogens (tertiary/aromatic N) is 1. The van der Waals surface area contributed by atoms with Crippen LogP contribution in [0.3, 0.4) is 0 Å². The van der Waals surface area contributed by atoms with E-state index in [0.29, 0.717) is 11.3 Å². The molecule has 0 bridgehead atoms. The van der Waals surface area contributed by atoms with Crippen LogP contribution in [0, 0.1) is 27.7 Å². The zero-order chi connectivity index (χ0) is 17.9. The van der Waals surface area contributed by atoms with Crippen molar-refractivity contribution in [2.75, 3.05) is 13.2 Å². The molecule has 0 saturated carbocycles. The van der Waals surface area contributed by atoms with Gasteiger partial charge in [-0.3, -0.25) is 4.79 Å². The molecular formula is C19H23NO4. The maximum absolute atomic E-state index is 12.2. The lowest BCUT2D eigenvalue weighted by Crippen LogP contribution is -2.20. The number of carbonyl (C=O) groups excluding carboxylic acids is 2. The number of carbonyl (C=O) groups is 2. The molecule has 1 heterocycles. The van der Waals surface area contributed by atoms with Crippen LogP contribution in [0.5, 0.6) is 5.75 Å². The highest BCUT2D eigenvalue weighted by atomic mass is 16.6. The van der Waals surface area contributed by atoms with Gasteiger partial charge in [0.2, 0.25) is 5.78 Å². The average molecular weight is 329 g/mol. The van der Waals surface area contributed by atoms with Gasteiger partial charge in [-0.25, -0.2) is 4.79 Å². The number of aromatic nitrogens is 1. The minimum atomic E-state index is -0.559. The Kier molecular flexibility index (Phi) is 5.44. The first kappa shape index (κ1) is 17.8. The van der Waals surface area contributed by atoms with Crippen LogP contribution in [-0.2, 0) is 16.6 Å². The van der Waals surface area contributed by atoms with Gasteiger partial charge in [0, 0.05) is 24.0 Å². The van der Waals surface area contributed by atoms with Gasteiger partial charge in [-0.2, -0.15) is 0 Å². The molecule has 0 radical (unpaired) electrons. The maximum atomic E-state index is 12.2.